The van der Waals surface area contributed by atoms with Crippen molar-refractivity contribution in [1.29, 1.82) is 0 Å². The minimum absolute atomic E-state index is 0.313. The number of fused-ring (bicyclic) bond motifs is 1. The lowest BCUT2D eigenvalue weighted by atomic mass is 10.1. The Labute approximate surface area is 96.8 Å². The van der Waals surface area contributed by atoms with Gasteiger partial charge in [-0.3, -0.25) is 0 Å². The maximum atomic E-state index is 10.2. The van der Waals surface area contributed by atoms with Crippen LogP contribution in [0.15, 0.2) is 48.0 Å². The van der Waals surface area contributed by atoms with Crippen molar-refractivity contribution in [3.05, 3.63) is 48.0 Å². The summed E-state index contributed by atoms with van der Waals surface area (Å²) >= 11 is 1.53. The Kier molecular flexibility index (Phi) is 2.11. The van der Waals surface area contributed by atoms with Crippen molar-refractivity contribution in [2.45, 2.75) is 0 Å². The summed E-state index contributed by atoms with van der Waals surface area (Å²) in [5, 5.41) is 14.9. The van der Waals surface area contributed by atoms with Crippen LogP contribution in [0, 0.1) is 0 Å². The normalized spacial score (nSPS) is 10.8. The Morgan fingerprint density at radius 3 is 2.75 bits per heavy atom. The lowest BCUT2D eigenvalue weighted by molar-refractivity contribution is 0.483. The van der Waals surface area contributed by atoms with E-state index in [2.05, 4.69) is 4.98 Å². The number of rotatable bonds is 1. The van der Waals surface area contributed by atoms with Gasteiger partial charge in [0.2, 0.25) is 0 Å². The van der Waals surface area contributed by atoms with Crippen molar-refractivity contribution < 1.29 is 5.11 Å². The maximum absolute atomic E-state index is 10.2. The van der Waals surface area contributed by atoms with Gasteiger partial charge in [0.1, 0.15) is 10.8 Å². The second-order valence-electron chi connectivity index (χ2n) is 3.52. The second kappa shape index (κ2) is 3.61. The highest BCUT2D eigenvalue weighted by atomic mass is 32.1. The summed E-state index contributed by atoms with van der Waals surface area (Å²) in [6, 6.07) is 11.7. The zero-order valence-electron chi connectivity index (χ0n) is 8.42. The second-order valence-corrected chi connectivity index (χ2v) is 4.41. The van der Waals surface area contributed by atoms with Gasteiger partial charge in [-0.25, -0.2) is 4.98 Å². The van der Waals surface area contributed by atoms with Gasteiger partial charge in [-0.05, 0) is 11.5 Å². The molecule has 0 amide bonds. The average molecular weight is 227 g/mol. The Hall–Kier alpha value is -1.87. The minimum atomic E-state index is 0.313. The first-order valence-corrected chi connectivity index (χ1v) is 5.85. The summed E-state index contributed by atoms with van der Waals surface area (Å²) < 4.78 is 0. The SMILES string of the molecule is Oc1c(-c2nccs2)ccc2ccccc12. The molecule has 0 spiro atoms. The zero-order valence-corrected chi connectivity index (χ0v) is 9.24. The highest BCUT2D eigenvalue weighted by molar-refractivity contribution is 7.13. The van der Waals surface area contributed by atoms with E-state index in [9.17, 15) is 5.11 Å². The van der Waals surface area contributed by atoms with Gasteiger partial charge in [-0.1, -0.05) is 30.3 Å². The predicted octanol–water partition coefficient (Wildman–Crippen LogP) is 3.67. The van der Waals surface area contributed by atoms with Crippen LogP contribution in [0.4, 0.5) is 0 Å². The number of hydrogen-bond acceptors (Lipinski definition) is 3. The molecule has 3 rings (SSSR count). The molecule has 1 N–H and O–H groups in total. The van der Waals surface area contributed by atoms with E-state index in [1.54, 1.807) is 6.20 Å². The van der Waals surface area contributed by atoms with Crippen LogP contribution in [-0.4, -0.2) is 10.1 Å². The average Bonchev–Trinajstić information content (AvgIpc) is 2.83. The molecule has 0 aliphatic rings. The molecule has 78 valence electrons. The van der Waals surface area contributed by atoms with Gasteiger partial charge in [0, 0.05) is 17.0 Å². The molecule has 0 bridgehead atoms. The van der Waals surface area contributed by atoms with Crippen LogP contribution >= 0.6 is 11.3 Å². The molecule has 1 aromatic heterocycles. The van der Waals surface area contributed by atoms with Gasteiger partial charge in [0.15, 0.2) is 0 Å². The van der Waals surface area contributed by atoms with Crippen LogP contribution in [0.2, 0.25) is 0 Å². The summed E-state index contributed by atoms with van der Waals surface area (Å²) in [4.78, 5) is 4.21. The number of hydrogen-bond donors (Lipinski definition) is 1. The molecule has 16 heavy (non-hydrogen) atoms. The van der Waals surface area contributed by atoms with Crippen LogP contribution in [0.25, 0.3) is 21.3 Å². The maximum Gasteiger partial charge on any atom is 0.133 e. The fourth-order valence-electron chi connectivity index (χ4n) is 1.78. The highest BCUT2D eigenvalue weighted by Crippen LogP contribution is 2.36. The van der Waals surface area contributed by atoms with Crippen molar-refractivity contribution >= 4 is 22.1 Å². The summed E-state index contributed by atoms with van der Waals surface area (Å²) in [5.74, 6) is 0.313. The molecule has 3 heteroatoms. The zero-order chi connectivity index (χ0) is 11.0. The van der Waals surface area contributed by atoms with Gasteiger partial charge < -0.3 is 5.11 Å². The third kappa shape index (κ3) is 1.37. The van der Waals surface area contributed by atoms with E-state index in [0.29, 0.717) is 5.75 Å². The van der Waals surface area contributed by atoms with Gasteiger partial charge >= 0.3 is 0 Å². The van der Waals surface area contributed by atoms with E-state index in [0.717, 1.165) is 21.3 Å². The van der Waals surface area contributed by atoms with Crippen LogP contribution in [0.1, 0.15) is 0 Å². The number of benzene rings is 2. The predicted molar refractivity (Wildman–Crippen MR) is 66.7 cm³/mol. The van der Waals surface area contributed by atoms with Gasteiger partial charge in [-0.15, -0.1) is 11.3 Å². The lowest BCUT2D eigenvalue weighted by Gasteiger charge is -2.05. The van der Waals surface area contributed by atoms with Crippen LogP contribution < -0.4 is 0 Å². The fraction of sp³-hybridized carbons (Fsp3) is 0. The standard InChI is InChI=1S/C13H9NOS/c15-12-10-4-2-1-3-9(10)5-6-11(12)13-14-7-8-16-13/h1-8,15H. The molecule has 0 saturated heterocycles. The molecule has 2 aromatic carbocycles. The largest absolute Gasteiger partial charge is 0.507 e. The van der Waals surface area contributed by atoms with Crippen molar-refractivity contribution in [3.63, 3.8) is 0 Å². The number of thiazole rings is 1. The first kappa shape index (κ1) is 9.36. The highest BCUT2D eigenvalue weighted by Gasteiger charge is 2.09. The Morgan fingerprint density at radius 1 is 1.06 bits per heavy atom. The molecule has 0 unspecified atom stereocenters. The molecule has 1 heterocycles. The van der Waals surface area contributed by atoms with E-state index < -0.39 is 0 Å². The number of nitrogens with zero attached hydrogens (tertiary/aromatic N) is 1. The van der Waals surface area contributed by atoms with E-state index in [1.165, 1.54) is 11.3 Å². The summed E-state index contributed by atoms with van der Waals surface area (Å²) in [7, 11) is 0. The number of aromatic nitrogens is 1. The van der Waals surface area contributed by atoms with Crippen LogP contribution in [-0.2, 0) is 0 Å². The Balaban J connectivity index is 2.32. The first-order valence-electron chi connectivity index (χ1n) is 4.97. The molecule has 0 saturated carbocycles. The molecule has 0 fully saturated rings. The van der Waals surface area contributed by atoms with Crippen molar-refractivity contribution in [2.75, 3.05) is 0 Å². The van der Waals surface area contributed by atoms with E-state index in [1.807, 2.05) is 41.8 Å². The van der Waals surface area contributed by atoms with Crippen molar-refractivity contribution in [1.82, 2.24) is 4.98 Å². The lowest BCUT2D eigenvalue weighted by Crippen LogP contribution is -1.80. The van der Waals surface area contributed by atoms with Gasteiger partial charge in [0.05, 0.1) is 5.56 Å². The molecule has 0 radical (unpaired) electrons. The summed E-state index contributed by atoms with van der Waals surface area (Å²) in [5.41, 5.74) is 0.800. The van der Waals surface area contributed by atoms with Crippen molar-refractivity contribution in [3.8, 4) is 16.3 Å². The summed E-state index contributed by atoms with van der Waals surface area (Å²) in [6.45, 7) is 0. The molecule has 0 aliphatic carbocycles. The van der Waals surface area contributed by atoms with E-state index in [4.69, 9.17) is 0 Å². The van der Waals surface area contributed by atoms with Crippen LogP contribution in [0.3, 0.4) is 0 Å². The Morgan fingerprint density at radius 2 is 1.94 bits per heavy atom. The molecule has 2 nitrogen and oxygen atoms in total. The first-order chi connectivity index (χ1) is 7.86. The van der Waals surface area contributed by atoms with Crippen molar-refractivity contribution in [2.24, 2.45) is 0 Å². The molecule has 0 aliphatic heterocycles. The van der Waals surface area contributed by atoms with E-state index in [-0.39, 0.29) is 0 Å². The number of phenols is 1. The van der Waals surface area contributed by atoms with Crippen LogP contribution in [0.5, 0.6) is 5.75 Å². The monoisotopic (exact) mass is 227 g/mol. The molecule has 0 atom stereocenters. The molecule has 3 aromatic rings. The molecular weight excluding hydrogens is 218 g/mol. The number of phenolic OH excluding ortho intramolecular Hbond substituents is 1. The summed E-state index contributed by atoms with van der Waals surface area (Å²) in [6.07, 6.45) is 1.74. The van der Waals surface area contributed by atoms with Gasteiger partial charge in [-0.2, -0.15) is 0 Å². The Bertz CT molecular complexity index is 631. The smallest absolute Gasteiger partial charge is 0.133 e. The molecular formula is C13H9NOS. The minimum Gasteiger partial charge on any atom is -0.507 e. The third-order valence-corrected chi connectivity index (χ3v) is 3.37. The van der Waals surface area contributed by atoms with Gasteiger partial charge in [0.25, 0.3) is 0 Å². The quantitative estimate of drug-likeness (QED) is 0.688. The van der Waals surface area contributed by atoms with E-state index >= 15 is 0 Å². The fourth-order valence-corrected chi connectivity index (χ4v) is 2.45. The topological polar surface area (TPSA) is 33.1 Å². The number of aromatic hydroxyl groups is 1. The third-order valence-electron chi connectivity index (χ3n) is 2.56.